The Morgan fingerprint density at radius 1 is 1.09 bits per heavy atom. The van der Waals surface area contributed by atoms with Crippen LogP contribution in [0.3, 0.4) is 0 Å². The highest BCUT2D eigenvalue weighted by molar-refractivity contribution is 7.14. The molecule has 0 radical (unpaired) electrons. The Hall–Kier alpha value is -3.03. The molecule has 1 fully saturated rings. The zero-order valence-corrected chi connectivity index (χ0v) is 19.2. The van der Waals surface area contributed by atoms with Gasteiger partial charge in [-0.25, -0.2) is 4.98 Å². The Morgan fingerprint density at radius 3 is 2.67 bits per heavy atom. The lowest BCUT2D eigenvalue weighted by Crippen LogP contribution is -2.42. The standard InChI is InChI=1S/C26H25N3O3S/c1-26(24(31)28-25-27-21(15-33-25)23(30)29-9-11-32-12-10-29)14-20-16-5-4-6-17(13-16)22(26)19-8-3-2-7-18(19)20/h2-8,13,15,20,22H,9-12,14H2,1H3,(H,27,28,31). The van der Waals surface area contributed by atoms with E-state index in [9.17, 15) is 9.59 Å². The van der Waals surface area contributed by atoms with E-state index in [0.717, 1.165) is 6.42 Å². The number of hydrogen-bond acceptors (Lipinski definition) is 5. The number of carbonyl (C=O) groups is 2. The van der Waals surface area contributed by atoms with Crippen LogP contribution in [-0.2, 0) is 9.53 Å². The summed E-state index contributed by atoms with van der Waals surface area (Å²) in [6.45, 7) is 4.29. The fourth-order valence-corrected chi connectivity index (χ4v) is 6.39. The van der Waals surface area contributed by atoms with Gasteiger partial charge in [0, 0.05) is 30.3 Å². The predicted molar refractivity (Wildman–Crippen MR) is 127 cm³/mol. The number of carbonyl (C=O) groups excluding carboxylic acids is 2. The second-order valence-corrected chi connectivity index (χ2v) is 10.2. The topological polar surface area (TPSA) is 71.5 Å². The summed E-state index contributed by atoms with van der Waals surface area (Å²) in [5.74, 6) is 0.00105. The van der Waals surface area contributed by atoms with Crippen molar-refractivity contribution in [3.8, 4) is 0 Å². The van der Waals surface area contributed by atoms with Crippen molar-refractivity contribution in [1.29, 1.82) is 0 Å². The number of rotatable bonds is 3. The quantitative estimate of drug-likeness (QED) is 0.636. The van der Waals surface area contributed by atoms with E-state index < -0.39 is 5.41 Å². The molecule has 2 heterocycles. The van der Waals surface area contributed by atoms with Gasteiger partial charge in [0.2, 0.25) is 5.91 Å². The van der Waals surface area contributed by atoms with Gasteiger partial charge in [-0.1, -0.05) is 48.5 Å². The molecule has 168 valence electrons. The number of benzene rings is 2. The van der Waals surface area contributed by atoms with Crippen molar-refractivity contribution >= 4 is 28.3 Å². The number of hydrogen-bond donors (Lipinski definition) is 1. The molecular formula is C26H25N3O3S. The van der Waals surface area contributed by atoms with E-state index in [-0.39, 0.29) is 23.7 Å². The summed E-state index contributed by atoms with van der Waals surface area (Å²) in [5, 5.41) is 5.26. The van der Waals surface area contributed by atoms with Crippen molar-refractivity contribution in [1.82, 2.24) is 9.88 Å². The van der Waals surface area contributed by atoms with Gasteiger partial charge in [0.1, 0.15) is 5.69 Å². The highest BCUT2D eigenvalue weighted by Crippen LogP contribution is 2.57. The molecule has 1 aromatic heterocycles. The van der Waals surface area contributed by atoms with E-state index in [0.29, 0.717) is 37.1 Å². The Balaban J connectivity index is 1.29. The fourth-order valence-electron chi connectivity index (χ4n) is 5.71. The highest BCUT2D eigenvalue weighted by atomic mass is 32.1. The number of nitrogens with zero attached hydrogens (tertiary/aromatic N) is 2. The van der Waals surface area contributed by atoms with Crippen molar-refractivity contribution in [3.05, 3.63) is 81.9 Å². The molecule has 4 bridgehead atoms. The lowest BCUT2D eigenvalue weighted by atomic mass is 9.60. The molecule has 3 unspecified atom stereocenters. The molecule has 1 N–H and O–H groups in total. The minimum Gasteiger partial charge on any atom is -0.378 e. The minimum atomic E-state index is -0.630. The van der Waals surface area contributed by atoms with Crippen LogP contribution in [0.1, 0.15) is 57.9 Å². The van der Waals surface area contributed by atoms with Gasteiger partial charge in [-0.15, -0.1) is 11.3 Å². The van der Waals surface area contributed by atoms with Gasteiger partial charge in [-0.05, 0) is 35.6 Å². The predicted octanol–water partition coefficient (Wildman–Crippen LogP) is 4.24. The molecule has 2 aromatic carbocycles. The lowest BCUT2D eigenvalue weighted by Gasteiger charge is -2.42. The number of ether oxygens (including phenoxy) is 1. The van der Waals surface area contributed by atoms with Crippen LogP contribution < -0.4 is 5.32 Å². The van der Waals surface area contributed by atoms with Crippen molar-refractivity contribution < 1.29 is 14.3 Å². The molecule has 3 atom stereocenters. The Bertz CT molecular complexity index is 1250. The van der Waals surface area contributed by atoms with Crippen LogP contribution in [0, 0.1) is 5.41 Å². The number of amides is 2. The molecule has 3 aromatic rings. The van der Waals surface area contributed by atoms with Crippen LogP contribution in [0.25, 0.3) is 0 Å². The van der Waals surface area contributed by atoms with E-state index >= 15 is 0 Å². The fraction of sp³-hybridized carbons (Fsp3) is 0.346. The summed E-state index contributed by atoms with van der Waals surface area (Å²) in [6, 6.07) is 17.2. The first-order chi connectivity index (χ1) is 16.0. The molecule has 33 heavy (non-hydrogen) atoms. The van der Waals surface area contributed by atoms with Gasteiger partial charge in [0.05, 0.1) is 18.6 Å². The van der Waals surface area contributed by atoms with Crippen LogP contribution in [0.15, 0.2) is 53.9 Å². The summed E-state index contributed by atoms with van der Waals surface area (Å²) in [6.07, 6.45) is 0.735. The van der Waals surface area contributed by atoms with Crippen molar-refractivity contribution in [2.45, 2.75) is 25.2 Å². The third kappa shape index (κ3) is 3.30. The second kappa shape index (κ2) is 7.78. The molecule has 1 aliphatic heterocycles. The van der Waals surface area contributed by atoms with Gasteiger partial charge in [0.25, 0.3) is 5.91 Å². The largest absolute Gasteiger partial charge is 0.378 e. The number of anilines is 1. The minimum absolute atomic E-state index is 0.0261. The number of fused-ring (bicyclic) bond motifs is 1. The van der Waals surface area contributed by atoms with Crippen LogP contribution in [0.5, 0.6) is 0 Å². The normalized spacial score (nSPS) is 25.3. The molecule has 3 aliphatic carbocycles. The van der Waals surface area contributed by atoms with Crippen molar-refractivity contribution in [2.75, 3.05) is 31.6 Å². The SMILES string of the molecule is CC1(C(=O)Nc2nc(C(=O)N3CCOCC3)cs2)CC2c3cccc(c3)C1c1ccccc12. The molecule has 2 amide bonds. The van der Waals surface area contributed by atoms with Crippen LogP contribution in [0.2, 0.25) is 0 Å². The van der Waals surface area contributed by atoms with E-state index in [1.54, 1.807) is 10.3 Å². The average Bonchev–Trinajstić information content (AvgIpc) is 3.26. The highest BCUT2D eigenvalue weighted by Gasteiger charge is 2.51. The molecule has 0 spiro atoms. The van der Waals surface area contributed by atoms with Gasteiger partial charge < -0.3 is 15.0 Å². The molecule has 7 rings (SSSR count). The summed E-state index contributed by atoms with van der Waals surface area (Å²) in [7, 11) is 0. The van der Waals surface area contributed by atoms with Crippen molar-refractivity contribution in [2.24, 2.45) is 5.41 Å². The Morgan fingerprint density at radius 2 is 1.85 bits per heavy atom. The Kier molecular flexibility index (Phi) is 4.85. The van der Waals surface area contributed by atoms with Crippen LogP contribution in [-0.4, -0.2) is 48.0 Å². The molecular weight excluding hydrogens is 434 g/mol. The summed E-state index contributed by atoms with van der Waals surface area (Å²) in [4.78, 5) is 32.8. The maximum atomic E-state index is 13.8. The first-order valence-corrected chi connectivity index (χ1v) is 12.3. The third-order valence-corrected chi connectivity index (χ3v) is 8.11. The molecule has 1 saturated heterocycles. The van der Waals surface area contributed by atoms with E-state index in [1.807, 2.05) is 0 Å². The Labute approximate surface area is 196 Å². The number of thiazole rings is 1. The summed E-state index contributed by atoms with van der Waals surface area (Å²) >= 11 is 1.30. The maximum absolute atomic E-state index is 13.8. The van der Waals surface area contributed by atoms with E-state index in [2.05, 4.69) is 65.8 Å². The van der Waals surface area contributed by atoms with Gasteiger partial charge >= 0.3 is 0 Å². The van der Waals surface area contributed by atoms with Gasteiger partial charge in [-0.2, -0.15) is 0 Å². The first kappa shape index (κ1) is 20.6. The molecule has 4 aliphatic rings. The summed E-state index contributed by atoms with van der Waals surface area (Å²) in [5.41, 5.74) is 4.75. The molecule has 0 saturated carbocycles. The first-order valence-electron chi connectivity index (χ1n) is 11.4. The molecule has 7 heteroatoms. The van der Waals surface area contributed by atoms with Crippen molar-refractivity contribution in [3.63, 3.8) is 0 Å². The number of aromatic nitrogens is 1. The van der Waals surface area contributed by atoms with Gasteiger partial charge in [-0.3, -0.25) is 9.59 Å². The van der Waals surface area contributed by atoms with Gasteiger partial charge in [0.15, 0.2) is 5.13 Å². The zero-order valence-electron chi connectivity index (χ0n) is 18.4. The van der Waals surface area contributed by atoms with E-state index in [4.69, 9.17) is 4.74 Å². The monoisotopic (exact) mass is 459 g/mol. The van der Waals surface area contributed by atoms with E-state index in [1.165, 1.54) is 33.6 Å². The lowest BCUT2D eigenvalue weighted by molar-refractivity contribution is -0.126. The maximum Gasteiger partial charge on any atom is 0.273 e. The zero-order chi connectivity index (χ0) is 22.6. The smallest absolute Gasteiger partial charge is 0.273 e. The second-order valence-electron chi connectivity index (χ2n) is 9.30. The molecule has 6 nitrogen and oxygen atoms in total. The summed E-state index contributed by atoms with van der Waals surface area (Å²) < 4.78 is 5.33. The van der Waals surface area contributed by atoms with Crippen LogP contribution >= 0.6 is 11.3 Å². The van der Waals surface area contributed by atoms with Crippen LogP contribution in [0.4, 0.5) is 5.13 Å². The number of morpholine rings is 1. The average molecular weight is 460 g/mol. The number of nitrogens with one attached hydrogen (secondary N) is 1. The third-order valence-electron chi connectivity index (χ3n) is 7.35.